The van der Waals surface area contributed by atoms with Crippen molar-refractivity contribution in [3.05, 3.63) is 53.6 Å². The van der Waals surface area contributed by atoms with E-state index in [-0.39, 0.29) is 22.7 Å². The highest BCUT2D eigenvalue weighted by Gasteiger charge is 2.29. The van der Waals surface area contributed by atoms with Gasteiger partial charge >= 0.3 is 5.97 Å². The van der Waals surface area contributed by atoms with Crippen LogP contribution in [0.5, 0.6) is 5.75 Å². The first kappa shape index (κ1) is 24.6. The summed E-state index contributed by atoms with van der Waals surface area (Å²) in [6.45, 7) is 7.11. The van der Waals surface area contributed by atoms with Crippen molar-refractivity contribution >= 4 is 27.6 Å². The van der Waals surface area contributed by atoms with Gasteiger partial charge in [0.15, 0.2) is 0 Å². The lowest BCUT2D eigenvalue weighted by molar-refractivity contribution is -0.149. The number of ether oxygens (including phenoxy) is 2. The molecule has 178 valence electrons. The van der Waals surface area contributed by atoms with Crippen molar-refractivity contribution in [2.24, 2.45) is 5.92 Å². The van der Waals surface area contributed by atoms with E-state index in [1.165, 1.54) is 12.1 Å². The SMILES string of the molecule is CCOC(=O)C1CCN(C(=O)c2cc(S(=O)(=O)Nc3ccc(OCC)cc3)ccc2C)CC1. The lowest BCUT2D eigenvalue weighted by atomic mass is 9.96. The molecule has 0 saturated carbocycles. The van der Waals surface area contributed by atoms with Crippen molar-refractivity contribution in [3.8, 4) is 5.75 Å². The molecule has 9 heteroatoms. The Bertz CT molecular complexity index is 1090. The molecule has 2 aromatic carbocycles. The number of nitrogens with one attached hydrogen (secondary N) is 1. The van der Waals surface area contributed by atoms with Gasteiger partial charge < -0.3 is 14.4 Å². The van der Waals surface area contributed by atoms with Crippen molar-refractivity contribution in [2.75, 3.05) is 31.0 Å². The van der Waals surface area contributed by atoms with Crippen LogP contribution >= 0.6 is 0 Å². The summed E-state index contributed by atoms with van der Waals surface area (Å²) in [7, 11) is -3.89. The van der Waals surface area contributed by atoms with Crippen molar-refractivity contribution in [3.63, 3.8) is 0 Å². The van der Waals surface area contributed by atoms with E-state index in [2.05, 4.69) is 4.72 Å². The third-order valence-electron chi connectivity index (χ3n) is 5.57. The Morgan fingerprint density at radius 3 is 2.30 bits per heavy atom. The molecule has 1 aliphatic heterocycles. The molecule has 0 aliphatic carbocycles. The lowest BCUT2D eigenvalue weighted by Gasteiger charge is -2.31. The van der Waals surface area contributed by atoms with Crippen LogP contribution in [0, 0.1) is 12.8 Å². The first-order valence-electron chi connectivity index (χ1n) is 11.1. The summed E-state index contributed by atoms with van der Waals surface area (Å²) in [4.78, 5) is 26.8. The van der Waals surface area contributed by atoms with E-state index in [0.717, 1.165) is 0 Å². The molecule has 1 heterocycles. The van der Waals surface area contributed by atoms with Crippen molar-refractivity contribution < 1.29 is 27.5 Å². The van der Waals surface area contributed by atoms with E-state index >= 15 is 0 Å². The summed E-state index contributed by atoms with van der Waals surface area (Å²) in [6, 6.07) is 11.1. The van der Waals surface area contributed by atoms with Gasteiger partial charge in [-0.05, 0) is 75.6 Å². The first-order chi connectivity index (χ1) is 15.7. The molecule has 1 aliphatic rings. The number of hydrogen-bond acceptors (Lipinski definition) is 6. The zero-order valence-electron chi connectivity index (χ0n) is 19.2. The number of nitrogens with zero attached hydrogens (tertiary/aromatic N) is 1. The molecule has 0 spiro atoms. The molecule has 3 rings (SSSR count). The van der Waals surface area contributed by atoms with Gasteiger partial charge in [-0.3, -0.25) is 14.3 Å². The second-order valence-electron chi connectivity index (χ2n) is 7.86. The van der Waals surface area contributed by atoms with E-state index in [0.29, 0.717) is 61.7 Å². The topological polar surface area (TPSA) is 102 Å². The maximum atomic E-state index is 13.1. The number of amides is 1. The van der Waals surface area contributed by atoms with Crippen LogP contribution in [-0.2, 0) is 19.6 Å². The molecule has 1 saturated heterocycles. The van der Waals surface area contributed by atoms with Gasteiger partial charge in [0.2, 0.25) is 0 Å². The lowest BCUT2D eigenvalue weighted by Crippen LogP contribution is -2.41. The van der Waals surface area contributed by atoms with Crippen LogP contribution < -0.4 is 9.46 Å². The predicted molar refractivity (Wildman–Crippen MR) is 125 cm³/mol. The number of carbonyl (C=O) groups is 2. The second kappa shape index (κ2) is 10.7. The van der Waals surface area contributed by atoms with Crippen LogP contribution in [-0.4, -0.2) is 51.5 Å². The molecule has 1 amide bonds. The summed E-state index contributed by atoms with van der Waals surface area (Å²) >= 11 is 0. The Morgan fingerprint density at radius 1 is 1.03 bits per heavy atom. The standard InChI is InChI=1S/C24H30N2O6S/c1-4-31-20-9-7-19(8-10-20)25-33(29,30)21-11-6-17(3)22(16-21)23(27)26-14-12-18(13-15-26)24(28)32-5-2/h6-11,16,18,25H,4-5,12-15H2,1-3H3. The van der Waals surface area contributed by atoms with Crippen molar-refractivity contribution in [1.29, 1.82) is 0 Å². The van der Waals surface area contributed by atoms with E-state index in [1.54, 1.807) is 49.1 Å². The maximum absolute atomic E-state index is 13.1. The van der Waals surface area contributed by atoms with Crippen LogP contribution in [0.25, 0.3) is 0 Å². The Kier molecular flexibility index (Phi) is 7.97. The zero-order chi connectivity index (χ0) is 24.0. The van der Waals surface area contributed by atoms with Gasteiger partial charge in [0, 0.05) is 24.3 Å². The van der Waals surface area contributed by atoms with Crippen LogP contribution in [0.3, 0.4) is 0 Å². The molecule has 1 N–H and O–H groups in total. The Labute approximate surface area is 194 Å². The average molecular weight is 475 g/mol. The van der Waals surface area contributed by atoms with E-state index in [1.807, 2.05) is 6.92 Å². The summed E-state index contributed by atoms with van der Waals surface area (Å²) in [5, 5.41) is 0. The molecular weight excluding hydrogens is 444 g/mol. The quantitative estimate of drug-likeness (QED) is 0.587. The van der Waals surface area contributed by atoms with E-state index in [4.69, 9.17) is 9.47 Å². The third kappa shape index (κ3) is 6.04. The van der Waals surface area contributed by atoms with E-state index in [9.17, 15) is 18.0 Å². The number of esters is 1. The van der Waals surface area contributed by atoms with E-state index < -0.39 is 10.0 Å². The number of benzene rings is 2. The first-order valence-corrected chi connectivity index (χ1v) is 12.6. The number of hydrogen-bond donors (Lipinski definition) is 1. The molecular formula is C24H30N2O6S. The highest BCUT2D eigenvalue weighted by Crippen LogP contribution is 2.24. The second-order valence-corrected chi connectivity index (χ2v) is 9.54. The third-order valence-corrected chi connectivity index (χ3v) is 6.95. The van der Waals surface area contributed by atoms with Crippen LogP contribution in [0.2, 0.25) is 0 Å². The number of carbonyl (C=O) groups excluding carboxylic acids is 2. The highest BCUT2D eigenvalue weighted by molar-refractivity contribution is 7.92. The molecule has 0 bridgehead atoms. The normalized spacial score (nSPS) is 14.6. The van der Waals surface area contributed by atoms with Crippen molar-refractivity contribution in [1.82, 2.24) is 4.90 Å². The average Bonchev–Trinajstić information content (AvgIpc) is 2.80. The van der Waals surface area contributed by atoms with Crippen molar-refractivity contribution in [2.45, 2.75) is 38.5 Å². The monoisotopic (exact) mass is 474 g/mol. The molecule has 2 aromatic rings. The minimum atomic E-state index is -3.89. The maximum Gasteiger partial charge on any atom is 0.309 e. The van der Waals surface area contributed by atoms with Gasteiger partial charge in [0.1, 0.15) is 5.75 Å². The summed E-state index contributed by atoms with van der Waals surface area (Å²) in [6.07, 6.45) is 1.06. The van der Waals surface area contributed by atoms with Gasteiger partial charge in [-0.2, -0.15) is 0 Å². The molecule has 0 radical (unpaired) electrons. The van der Waals surface area contributed by atoms with Gasteiger partial charge in [0.25, 0.3) is 15.9 Å². The fraction of sp³-hybridized carbons (Fsp3) is 0.417. The minimum absolute atomic E-state index is 0.00624. The largest absolute Gasteiger partial charge is 0.494 e. The number of rotatable bonds is 8. The van der Waals surface area contributed by atoms with Crippen LogP contribution in [0.1, 0.15) is 42.6 Å². The van der Waals surface area contributed by atoms with Gasteiger partial charge in [-0.1, -0.05) is 6.07 Å². The number of anilines is 1. The zero-order valence-corrected chi connectivity index (χ0v) is 20.0. The molecule has 0 aromatic heterocycles. The summed E-state index contributed by atoms with van der Waals surface area (Å²) in [5.41, 5.74) is 1.42. The smallest absolute Gasteiger partial charge is 0.309 e. The van der Waals surface area contributed by atoms with Crippen LogP contribution in [0.15, 0.2) is 47.4 Å². The number of sulfonamides is 1. The molecule has 8 nitrogen and oxygen atoms in total. The predicted octanol–water partition coefficient (Wildman–Crippen LogP) is 3.61. The Balaban J connectivity index is 1.73. The molecule has 33 heavy (non-hydrogen) atoms. The van der Waals surface area contributed by atoms with Gasteiger partial charge in [-0.25, -0.2) is 8.42 Å². The number of piperidine rings is 1. The fourth-order valence-corrected chi connectivity index (χ4v) is 4.83. The Morgan fingerprint density at radius 2 is 1.70 bits per heavy atom. The van der Waals surface area contributed by atoms with Gasteiger partial charge in [0.05, 0.1) is 24.0 Å². The minimum Gasteiger partial charge on any atom is -0.494 e. The molecule has 0 atom stereocenters. The fourth-order valence-electron chi connectivity index (χ4n) is 3.75. The highest BCUT2D eigenvalue weighted by atomic mass is 32.2. The summed E-state index contributed by atoms with van der Waals surface area (Å²) in [5.74, 6) is -0.0299. The number of aryl methyl sites for hydroxylation is 1. The molecule has 1 fully saturated rings. The number of likely N-dealkylation sites (tertiary alicyclic amines) is 1. The Hall–Kier alpha value is -3.07. The van der Waals surface area contributed by atoms with Gasteiger partial charge in [-0.15, -0.1) is 0 Å². The molecule has 0 unspecified atom stereocenters. The summed E-state index contributed by atoms with van der Waals surface area (Å²) < 4.78 is 38.9. The van der Waals surface area contributed by atoms with Crippen LogP contribution in [0.4, 0.5) is 5.69 Å².